The minimum absolute atomic E-state index is 0.106. The van der Waals surface area contributed by atoms with Crippen LogP contribution in [0.1, 0.15) is 0 Å². The molecule has 0 unspecified atom stereocenters. The second-order valence-electron chi connectivity index (χ2n) is 5.61. The lowest BCUT2D eigenvalue weighted by Crippen LogP contribution is -2.45. The number of aromatic nitrogens is 3. The summed E-state index contributed by atoms with van der Waals surface area (Å²) in [6.07, 6.45) is 0. The Bertz CT molecular complexity index is 1060. The summed E-state index contributed by atoms with van der Waals surface area (Å²) in [5.41, 5.74) is 1.23. The standard InChI is InChI=1S/C17H13N5O3/c23-15-9-21(14-8-4-3-7-13(14)18-15)16(24)10-22-17(25)11-5-1-2-6-12(11)19-20-22/h1-8H,9-10H2,(H,18,23). The fourth-order valence-electron chi connectivity index (χ4n) is 2.80. The highest BCUT2D eigenvalue weighted by Crippen LogP contribution is 2.28. The largest absolute Gasteiger partial charge is 0.323 e. The first-order valence-corrected chi connectivity index (χ1v) is 7.65. The van der Waals surface area contributed by atoms with Gasteiger partial charge in [0.2, 0.25) is 11.8 Å². The molecule has 0 radical (unpaired) electrons. The number of benzene rings is 2. The van der Waals surface area contributed by atoms with E-state index >= 15 is 0 Å². The maximum Gasteiger partial charge on any atom is 0.278 e. The number of nitrogens with one attached hydrogen (secondary N) is 1. The van der Waals surface area contributed by atoms with Crippen LogP contribution in [0, 0.1) is 0 Å². The van der Waals surface area contributed by atoms with Crippen LogP contribution in [0.15, 0.2) is 53.3 Å². The van der Waals surface area contributed by atoms with E-state index < -0.39 is 11.5 Å². The van der Waals surface area contributed by atoms with Crippen molar-refractivity contribution in [2.45, 2.75) is 6.54 Å². The normalized spacial score (nSPS) is 13.4. The quantitative estimate of drug-likeness (QED) is 0.746. The molecule has 0 fully saturated rings. The molecule has 2 aromatic carbocycles. The lowest BCUT2D eigenvalue weighted by Gasteiger charge is -2.29. The summed E-state index contributed by atoms with van der Waals surface area (Å²) in [7, 11) is 0. The van der Waals surface area contributed by atoms with Crippen molar-refractivity contribution >= 4 is 34.1 Å². The minimum Gasteiger partial charge on any atom is -0.323 e. The van der Waals surface area contributed by atoms with E-state index in [1.807, 2.05) is 0 Å². The number of carbonyl (C=O) groups is 2. The van der Waals surface area contributed by atoms with E-state index in [0.717, 1.165) is 4.68 Å². The molecule has 0 bridgehead atoms. The fraction of sp³-hybridized carbons (Fsp3) is 0.118. The van der Waals surface area contributed by atoms with E-state index in [2.05, 4.69) is 15.6 Å². The molecular formula is C17H13N5O3. The summed E-state index contributed by atoms with van der Waals surface area (Å²) in [6, 6.07) is 13.8. The van der Waals surface area contributed by atoms with E-state index in [0.29, 0.717) is 22.3 Å². The Morgan fingerprint density at radius 2 is 1.84 bits per heavy atom. The van der Waals surface area contributed by atoms with Crippen molar-refractivity contribution in [2.24, 2.45) is 0 Å². The van der Waals surface area contributed by atoms with Crippen molar-refractivity contribution in [3.63, 3.8) is 0 Å². The second kappa shape index (κ2) is 5.82. The van der Waals surface area contributed by atoms with Gasteiger partial charge in [-0.05, 0) is 24.3 Å². The number of hydrogen-bond acceptors (Lipinski definition) is 5. The van der Waals surface area contributed by atoms with Gasteiger partial charge in [0, 0.05) is 0 Å². The Balaban J connectivity index is 1.68. The number of anilines is 2. The molecule has 1 aliphatic rings. The third-order valence-corrected chi connectivity index (χ3v) is 3.99. The molecule has 2 heterocycles. The second-order valence-corrected chi connectivity index (χ2v) is 5.61. The number of carbonyl (C=O) groups excluding carboxylic acids is 2. The molecule has 1 N–H and O–H groups in total. The smallest absolute Gasteiger partial charge is 0.278 e. The Kier molecular flexibility index (Phi) is 3.50. The highest BCUT2D eigenvalue weighted by Gasteiger charge is 2.27. The highest BCUT2D eigenvalue weighted by molar-refractivity contribution is 6.09. The van der Waals surface area contributed by atoms with Crippen molar-refractivity contribution in [1.29, 1.82) is 0 Å². The van der Waals surface area contributed by atoms with Gasteiger partial charge in [-0.2, -0.15) is 0 Å². The molecule has 4 rings (SSSR count). The third kappa shape index (κ3) is 2.63. The Hall–Kier alpha value is -3.55. The molecule has 2 amide bonds. The zero-order chi connectivity index (χ0) is 17.4. The first-order valence-electron chi connectivity index (χ1n) is 7.65. The van der Waals surface area contributed by atoms with Gasteiger partial charge in [-0.1, -0.05) is 29.5 Å². The van der Waals surface area contributed by atoms with Gasteiger partial charge in [0.15, 0.2) is 0 Å². The number of rotatable bonds is 2. The van der Waals surface area contributed by atoms with E-state index in [1.54, 1.807) is 48.5 Å². The van der Waals surface area contributed by atoms with Crippen LogP contribution in [-0.2, 0) is 16.1 Å². The zero-order valence-corrected chi connectivity index (χ0v) is 13.0. The Labute approximate surface area is 141 Å². The van der Waals surface area contributed by atoms with Crippen LogP contribution >= 0.6 is 0 Å². The monoisotopic (exact) mass is 335 g/mol. The molecule has 8 heteroatoms. The van der Waals surface area contributed by atoms with Gasteiger partial charge in [-0.15, -0.1) is 5.10 Å². The summed E-state index contributed by atoms with van der Waals surface area (Å²) in [5, 5.41) is 10.9. The molecule has 3 aromatic rings. The lowest BCUT2D eigenvalue weighted by atomic mass is 10.2. The Morgan fingerprint density at radius 1 is 1.08 bits per heavy atom. The van der Waals surface area contributed by atoms with Gasteiger partial charge in [0.25, 0.3) is 5.56 Å². The van der Waals surface area contributed by atoms with Crippen molar-refractivity contribution in [2.75, 3.05) is 16.8 Å². The van der Waals surface area contributed by atoms with Crippen LogP contribution in [0.5, 0.6) is 0 Å². The third-order valence-electron chi connectivity index (χ3n) is 3.99. The number of hydrogen-bond donors (Lipinski definition) is 1. The first-order chi connectivity index (χ1) is 12.1. The van der Waals surface area contributed by atoms with Crippen molar-refractivity contribution in [1.82, 2.24) is 15.0 Å². The lowest BCUT2D eigenvalue weighted by molar-refractivity contribution is -0.122. The SMILES string of the molecule is O=C1CN(C(=O)Cn2nnc3ccccc3c2=O)c2ccccc2N1. The summed E-state index contributed by atoms with van der Waals surface area (Å²) < 4.78 is 1.01. The van der Waals surface area contributed by atoms with Crippen molar-refractivity contribution in [3.8, 4) is 0 Å². The number of para-hydroxylation sites is 2. The van der Waals surface area contributed by atoms with Crippen LogP contribution in [0.3, 0.4) is 0 Å². The maximum atomic E-state index is 12.7. The van der Waals surface area contributed by atoms with Crippen LogP contribution in [-0.4, -0.2) is 33.4 Å². The van der Waals surface area contributed by atoms with E-state index in [-0.39, 0.29) is 19.0 Å². The molecule has 124 valence electrons. The fourth-order valence-corrected chi connectivity index (χ4v) is 2.80. The summed E-state index contributed by atoms with van der Waals surface area (Å²) >= 11 is 0. The summed E-state index contributed by atoms with van der Waals surface area (Å²) in [4.78, 5) is 38.3. The van der Waals surface area contributed by atoms with Gasteiger partial charge >= 0.3 is 0 Å². The van der Waals surface area contributed by atoms with E-state index in [4.69, 9.17) is 0 Å². The maximum absolute atomic E-state index is 12.7. The van der Waals surface area contributed by atoms with Crippen LogP contribution in [0.25, 0.3) is 10.9 Å². The van der Waals surface area contributed by atoms with E-state index in [9.17, 15) is 14.4 Å². The molecule has 0 aliphatic carbocycles. The molecule has 1 aliphatic heterocycles. The van der Waals surface area contributed by atoms with Crippen LogP contribution in [0.2, 0.25) is 0 Å². The zero-order valence-electron chi connectivity index (χ0n) is 13.0. The molecule has 25 heavy (non-hydrogen) atoms. The van der Waals surface area contributed by atoms with Gasteiger partial charge in [0.1, 0.15) is 18.6 Å². The highest BCUT2D eigenvalue weighted by atomic mass is 16.2. The number of amides is 2. The van der Waals surface area contributed by atoms with Crippen LogP contribution in [0.4, 0.5) is 11.4 Å². The predicted octanol–water partition coefficient (Wildman–Crippen LogP) is 0.777. The minimum atomic E-state index is -0.408. The van der Waals surface area contributed by atoms with Crippen LogP contribution < -0.4 is 15.8 Å². The molecule has 8 nitrogen and oxygen atoms in total. The molecule has 0 spiro atoms. The average molecular weight is 335 g/mol. The van der Waals surface area contributed by atoms with Gasteiger partial charge in [0.05, 0.1) is 16.8 Å². The Morgan fingerprint density at radius 3 is 2.72 bits per heavy atom. The van der Waals surface area contributed by atoms with Crippen molar-refractivity contribution in [3.05, 3.63) is 58.9 Å². The molecule has 0 atom stereocenters. The van der Waals surface area contributed by atoms with Crippen molar-refractivity contribution < 1.29 is 9.59 Å². The summed E-state index contributed by atoms with van der Waals surface area (Å²) in [6.45, 7) is -0.399. The number of nitrogens with zero attached hydrogens (tertiary/aromatic N) is 4. The molecule has 0 saturated heterocycles. The number of fused-ring (bicyclic) bond motifs is 2. The summed E-state index contributed by atoms with van der Waals surface area (Å²) in [5.74, 6) is -0.696. The first kappa shape index (κ1) is 15.0. The molecular weight excluding hydrogens is 322 g/mol. The molecule has 0 saturated carbocycles. The average Bonchev–Trinajstić information content (AvgIpc) is 2.63. The van der Waals surface area contributed by atoms with Gasteiger partial charge < -0.3 is 5.32 Å². The topological polar surface area (TPSA) is 97.2 Å². The molecule has 1 aromatic heterocycles. The van der Waals surface area contributed by atoms with Gasteiger partial charge in [-0.3, -0.25) is 19.3 Å². The predicted molar refractivity (Wildman–Crippen MR) is 91.2 cm³/mol. The van der Waals surface area contributed by atoms with Gasteiger partial charge in [-0.25, -0.2) is 4.68 Å². The van der Waals surface area contributed by atoms with E-state index in [1.165, 1.54) is 4.90 Å².